The van der Waals surface area contributed by atoms with Gasteiger partial charge in [-0.05, 0) is 40.7 Å². The van der Waals surface area contributed by atoms with Gasteiger partial charge in [0.25, 0.3) is 8.32 Å². The molecule has 0 saturated heterocycles. The Kier molecular flexibility index (Phi) is 8.68. The van der Waals surface area contributed by atoms with Gasteiger partial charge >= 0.3 is 0 Å². The smallest absolute Gasteiger partial charge is 0.261 e. The van der Waals surface area contributed by atoms with Crippen LogP contribution in [-0.2, 0) is 4.43 Å². The fraction of sp³-hybridized carbons (Fsp3) is 0.462. The molecule has 2 aromatic carbocycles. The van der Waals surface area contributed by atoms with Crippen molar-refractivity contribution in [2.45, 2.75) is 70.8 Å². The van der Waals surface area contributed by atoms with E-state index in [-0.39, 0.29) is 5.04 Å². The van der Waals surface area contributed by atoms with Gasteiger partial charge in [0.1, 0.15) is 0 Å². The molecule has 0 aliphatic carbocycles. The third kappa shape index (κ3) is 6.80. The third-order valence-electron chi connectivity index (χ3n) is 5.40. The molecular weight excluding hydrogens is 384 g/mol. The summed E-state index contributed by atoms with van der Waals surface area (Å²) in [5.41, 5.74) is 0. The first-order valence-corrected chi connectivity index (χ1v) is 16.7. The zero-order chi connectivity index (χ0) is 21.4. The minimum atomic E-state index is -2.36. The van der Waals surface area contributed by atoms with E-state index in [0.717, 1.165) is 19.4 Å². The van der Waals surface area contributed by atoms with Crippen molar-refractivity contribution in [3.05, 3.63) is 72.8 Å². The number of benzene rings is 2. The number of hydrogen-bond donors (Lipinski definition) is 0. The molecule has 0 heterocycles. The largest absolute Gasteiger partial charge is 0.407 e. The topological polar surface area (TPSA) is 9.23 Å². The second-order valence-electron chi connectivity index (χ2n) is 10.2. The highest BCUT2D eigenvalue weighted by Crippen LogP contribution is 2.36. The third-order valence-corrected chi connectivity index (χ3v) is 11.9. The maximum absolute atomic E-state index is 6.95. The molecule has 0 saturated carbocycles. The summed E-state index contributed by atoms with van der Waals surface area (Å²) in [6.07, 6.45) is 8.24. The van der Waals surface area contributed by atoms with Crippen molar-refractivity contribution in [2.24, 2.45) is 0 Å². The highest BCUT2D eigenvalue weighted by molar-refractivity contribution is 6.99. The van der Waals surface area contributed by atoms with Gasteiger partial charge in [0.05, 0.1) is 0 Å². The maximum atomic E-state index is 6.95. The van der Waals surface area contributed by atoms with Gasteiger partial charge in [0, 0.05) is 14.7 Å². The summed E-state index contributed by atoms with van der Waals surface area (Å²) in [4.78, 5) is 0. The van der Waals surface area contributed by atoms with E-state index in [0.29, 0.717) is 0 Å². The standard InChI is InChI=1S/C26H40OSi2/c1-26(2,3)29(24-18-12-10-13-19-24,25-20-14-11-15-21-25)27-22-16-8-7-9-17-23-28(4,5)6/h9-15,17-21H,7-8,16,22-23H2,1-6H3/b17-9-. The molecule has 0 aromatic heterocycles. The van der Waals surface area contributed by atoms with Crippen LogP contribution in [0.1, 0.15) is 40.0 Å². The Labute approximate surface area is 181 Å². The fourth-order valence-electron chi connectivity index (χ4n) is 3.91. The van der Waals surface area contributed by atoms with Crippen molar-refractivity contribution in [2.75, 3.05) is 6.61 Å². The van der Waals surface area contributed by atoms with E-state index in [1.807, 2.05) is 0 Å². The SMILES string of the molecule is CC(C)(C)[Si](OCCCC/C=C\C[Si](C)(C)C)(c1ccccc1)c1ccccc1. The lowest BCUT2D eigenvalue weighted by atomic mass is 10.2. The molecule has 1 nitrogen and oxygen atoms in total. The van der Waals surface area contributed by atoms with E-state index < -0.39 is 16.4 Å². The number of unbranched alkanes of at least 4 members (excludes halogenated alkanes) is 2. The van der Waals surface area contributed by atoms with Crippen molar-refractivity contribution in [1.29, 1.82) is 0 Å². The van der Waals surface area contributed by atoms with Crippen LogP contribution in [0.3, 0.4) is 0 Å². The highest BCUT2D eigenvalue weighted by Gasteiger charge is 2.49. The van der Waals surface area contributed by atoms with Crippen molar-refractivity contribution >= 4 is 26.8 Å². The van der Waals surface area contributed by atoms with Crippen molar-refractivity contribution in [3.8, 4) is 0 Å². The molecular formula is C26H40OSi2. The summed E-state index contributed by atoms with van der Waals surface area (Å²) < 4.78 is 6.95. The summed E-state index contributed by atoms with van der Waals surface area (Å²) in [7, 11) is -3.32. The molecule has 0 atom stereocenters. The van der Waals surface area contributed by atoms with E-state index in [9.17, 15) is 0 Å². The molecule has 0 aliphatic rings. The molecule has 0 spiro atoms. The lowest BCUT2D eigenvalue weighted by molar-refractivity contribution is 0.289. The molecule has 0 N–H and O–H groups in total. The van der Waals surface area contributed by atoms with Crippen LogP contribution >= 0.6 is 0 Å². The fourth-order valence-corrected chi connectivity index (χ4v) is 9.39. The van der Waals surface area contributed by atoms with Crippen molar-refractivity contribution in [3.63, 3.8) is 0 Å². The number of allylic oxidation sites excluding steroid dienone is 2. The maximum Gasteiger partial charge on any atom is 0.261 e. The molecule has 0 bridgehead atoms. The summed E-state index contributed by atoms with van der Waals surface area (Å²) in [5, 5.41) is 2.80. The Morgan fingerprint density at radius 1 is 0.759 bits per heavy atom. The Morgan fingerprint density at radius 2 is 1.28 bits per heavy atom. The second-order valence-corrected chi connectivity index (χ2v) is 20.1. The van der Waals surface area contributed by atoms with E-state index in [2.05, 4.69) is 113 Å². The Bertz CT molecular complexity index is 700. The van der Waals surface area contributed by atoms with Gasteiger partial charge in [-0.25, -0.2) is 0 Å². The highest BCUT2D eigenvalue weighted by atomic mass is 28.4. The van der Waals surface area contributed by atoms with Crippen LogP contribution in [-0.4, -0.2) is 23.0 Å². The minimum absolute atomic E-state index is 0.0624. The Hall–Kier alpha value is -1.43. The second kappa shape index (κ2) is 10.6. The monoisotopic (exact) mass is 424 g/mol. The Morgan fingerprint density at radius 3 is 1.72 bits per heavy atom. The van der Waals surface area contributed by atoms with Gasteiger partial charge < -0.3 is 4.43 Å². The van der Waals surface area contributed by atoms with E-state index in [4.69, 9.17) is 4.43 Å². The van der Waals surface area contributed by atoms with Crippen LogP contribution in [0.25, 0.3) is 0 Å². The summed E-state index contributed by atoms with van der Waals surface area (Å²) in [6, 6.07) is 23.2. The molecule has 0 aliphatic heterocycles. The summed E-state index contributed by atoms with van der Waals surface area (Å²) in [5.74, 6) is 0. The molecule has 0 fully saturated rings. The minimum Gasteiger partial charge on any atom is -0.407 e. The average Bonchev–Trinajstić information content (AvgIpc) is 2.66. The molecule has 2 rings (SSSR count). The number of rotatable bonds is 10. The van der Waals surface area contributed by atoms with Gasteiger partial charge in [0.2, 0.25) is 0 Å². The zero-order valence-corrected chi connectivity index (χ0v) is 21.4. The molecule has 0 unspecified atom stereocenters. The average molecular weight is 425 g/mol. The van der Waals surface area contributed by atoms with E-state index in [1.165, 1.54) is 22.8 Å². The predicted molar refractivity (Wildman–Crippen MR) is 135 cm³/mol. The van der Waals surface area contributed by atoms with Crippen LogP contribution < -0.4 is 10.4 Å². The summed E-state index contributed by atoms with van der Waals surface area (Å²) >= 11 is 0. The normalized spacial score (nSPS) is 13.2. The van der Waals surface area contributed by atoms with Crippen LogP contribution in [0.5, 0.6) is 0 Å². The van der Waals surface area contributed by atoms with Gasteiger partial charge in [0.15, 0.2) is 0 Å². The number of hydrogen-bond acceptors (Lipinski definition) is 1. The molecule has 0 amide bonds. The van der Waals surface area contributed by atoms with Crippen molar-refractivity contribution < 1.29 is 4.43 Å². The molecule has 3 heteroatoms. The van der Waals surface area contributed by atoms with Crippen LogP contribution in [0, 0.1) is 0 Å². The first-order chi connectivity index (χ1) is 13.7. The zero-order valence-electron chi connectivity index (χ0n) is 19.4. The predicted octanol–water partition coefficient (Wildman–Crippen LogP) is 6.63. The summed E-state index contributed by atoms with van der Waals surface area (Å²) in [6.45, 7) is 15.1. The lowest BCUT2D eigenvalue weighted by Gasteiger charge is -2.43. The van der Waals surface area contributed by atoms with Gasteiger partial charge in [-0.1, -0.05) is 113 Å². The van der Waals surface area contributed by atoms with E-state index in [1.54, 1.807) is 0 Å². The van der Waals surface area contributed by atoms with Crippen molar-refractivity contribution in [1.82, 2.24) is 0 Å². The van der Waals surface area contributed by atoms with Crippen LogP contribution in [0.15, 0.2) is 72.8 Å². The van der Waals surface area contributed by atoms with Crippen LogP contribution in [0.2, 0.25) is 30.7 Å². The molecule has 2 aromatic rings. The van der Waals surface area contributed by atoms with Gasteiger partial charge in [-0.2, -0.15) is 0 Å². The molecule has 29 heavy (non-hydrogen) atoms. The quantitative estimate of drug-likeness (QED) is 0.236. The Balaban J connectivity index is 2.11. The lowest BCUT2D eigenvalue weighted by Crippen LogP contribution is -2.66. The van der Waals surface area contributed by atoms with Gasteiger partial charge in [-0.15, -0.1) is 0 Å². The first-order valence-electron chi connectivity index (χ1n) is 11.1. The first kappa shape index (κ1) is 23.8. The van der Waals surface area contributed by atoms with Gasteiger partial charge in [-0.3, -0.25) is 0 Å². The van der Waals surface area contributed by atoms with E-state index >= 15 is 0 Å². The van der Waals surface area contributed by atoms with Crippen LogP contribution in [0.4, 0.5) is 0 Å². The molecule has 0 radical (unpaired) electrons. The molecule has 158 valence electrons.